The zero-order chi connectivity index (χ0) is 21.2. The molecule has 4 N–H and O–H groups in total. The number of aromatic nitrogens is 5. The molecule has 0 unspecified atom stereocenters. The minimum Gasteiger partial charge on any atom is -0.354 e. The van der Waals surface area contributed by atoms with Gasteiger partial charge in [0.05, 0.1) is 30.0 Å². The van der Waals surface area contributed by atoms with E-state index in [0.717, 1.165) is 37.1 Å². The Morgan fingerprint density at radius 2 is 1.90 bits per heavy atom. The number of nitrogens with one attached hydrogen (secondary N) is 2. The van der Waals surface area contributed by atoms with Crippen LogP contribution in [0.2, 0.25) is 0 Å². The second-order valence-corrected chi connectivity index (χ2v) is 7.80. The fourth-order valence-electron chi connectivity index (χ4n) is 3.90. The standard InChI is InChI=1S/C22H23FN8/c23-18-12-27-22(29-15-5-3-14(24)4-6-15)30-21(18)19-13-26-20-10-16(7-9-31(19)20)28-17-2-1-8-25-11-17/h1-2,7-15,28H,3-6,24H2,(H,27,29,30). The number of halogens is 1. The first-order chi connectivity index (χ1) is 15.2. The molecule has 9 heteroatoms. The molecule has 0 spiro atoms. The topological polar surface area (TPSA) is 106 Å². The molecule has 0 atom stereocenters. The number of pyridine rings is 2. The molecule has 5 rings (SSSR count). The minimum atomic E-state index is -0.490. The maximum absolute atomic E-state index is 14.6. The number of fused-ring (bicyclic) bond motifs is 1. The largest absolute Gasteiger partial charge is 0.354 e. The van der Waals surface area contributed by atoms with Crippen molar-refractivity contribution in [2.24, 2.45) is 5.73 Å². The first kappa shape index (κ1) is 19.4. The highest BCUT2D eigenvalue weighted by Gasteiger charge is 2.20. The van der Waals surface area contributed by atoms with Crippen molar-refractivity contribution >= 4 is 23.0 Å². The molecule has 1 aliphatic carbocycles. The molecular formula is C22H23FN8. The maximum Gasteiger partial charge on any atom is 0.223 e. The molecule has 0 aliphatic heterocycles. The van der Waals surface area contributed by atoms with Crippen LogP contribution in [0.1, 0.15) is 25.7 Å². The Morgan fingerprint density at radius 1 is 1.03 bits per heavy atom. The summed E-state index contributed by atoms with van der Waals surface area (Å²) in [5.74, 6) is -0.0720. The number of rotatable bonds is 5. The van der Waals surface area contributed by atoms with Gasteiger partial charge < -0.3 is 16.4 Å². The lowest BCUT2D eigenvalue weighted by Crippen LogP contribution is -2.33. The van der Waals surface area contributed by atoms with E-state index in [4.69, 9.17) is 5.73 Å². The summed E-state index contributed by atoms with van der Waals surface area (Å²) in [5.41, 5.74) is 9.17. The van der Waals surface area contributed by atoms with E-state index >= 15 is 0 Å². The third-order valence-electron chi connectivity index (χ3n) is 5.56. The molecule has 0 saturated heterocycles. The Bertz CT molecular complexity index is 1180. The fraction of sp³-hybridized carbons (Fsp3) is 0.273. The van der Waals surface area contributed by atoms with Crippen LogP contribution in [0.4, 0.5) is 21.7 Å². The van der Waals surface area contributed by atoms with Gasteiger partial charge in [-0.2, -0.15) is 0 Å². The summed E-state index contributed by atoms with van der Waals surface area (Å²) in [4.78, 5) is 17.1. The van der Waals surface area contributed by atoms with Gasteiger partial charge in [0.15, 0.2) is 5.82 Å². The van der Waals surface area contributed by atoms with Crippen molar-refractivity contribution in [2.75, 3.05) is 10.6 Å². The number of hydrogen-bond donors (Lipinski definition) is 3. The van der Waals surface area contributed by atoms with E-state index in [2.05, 4.69) is 30.6 Å². The van der Waals surface area contributed by atoms with E-state index in [1.165, 1.54) is 6.20 Å². The summed E-state index contributed by atoms with van der Waals surface area (Å²) < 4.78 is 16.4. The van der Waals surface area contributed by atoms with E-state index in [1.807, 2.05) is 34.9 Å². The minimum absolute atomic E-state index is 0.213. The van der Waals surface area contributed by atoms with Gasteiger partial charge in [0.1, 0.15) is 11.3 Å². The molecule has 4 heterocycles. The summed E-state index contributed by atoms with van der Waals surface area (Å²) in [6, 6.07) is 8.09. The number of anilines is 3. The molecule has 8 nitrogen and oxygen atoms in total. The lowest BCUT2D eigenvalue weighted by Gasteiger charge is -2.26. The quantitative estimate of drug-likeness (QED) is 0.453. The fourth-order valence-corrected chi connectivity index (χ4v) is 3.90. The molecule has 4 aromatic rings. The highest BCUT2D eigenvalue weighted by molar-refractivity contribution is 5.67. The third kappa shape index (κ3) is 4.17. The Labute approximate surface area is 178 Å². The van der Waals surface area contributed by atoms with Crippen molar-refractivity contribution in [1.82, 2.24) is 24.3 Å². The normalized spacial score (nSPS) is 18.8. The first-order valence-electron chi connectivity index (χ1n) is 10.3. The van der Waals surface area contributed by atoms with Crippen molar-refractivity contribution in [2.45, 2.75) is 37.8 Å². The molecule has 4 aromatic heterocycles. The van der Waals surface area contributed by atoms with Crippen molar-refractivity contribution < 1.29 is 4.39 Å². The van der Waals surface area contributed by atoms with Crippen molar-refractivity contribution in [3.8, 4) is 11.4 Å². The third-order valence-corrected chi connectivity index (χ3v) is 5.56. The molecule has 158 valence electrons. The summed E-state index contributed by atoms with van der Waals surface area (Å²) in [6.07, 6.45) is 12.0. The Balaban J connectivity index is 1.41. The number of imidazole rings is 1. The highest BCUT2D eigenvalue weighted by atomic mass is 19.1. The average molecular weight is 418 g/mol. The highest BCUT2D eigenvalue weighted by Crippen LogP contribution is 2.26. The lowest BCUT2D eigenvalue weighted by molar-refractivity contribution is 0.409. The number of hydrogen-bond acceptors (Lipinski definition) is 7. The zero-order valence-corrected chi connectivity index (χ0v) is 16.9. The summed E-state index contributed by atoms with van der Waals surface area (Å²) in [5, 5.41) is 6.61. The molecule has 0 radical (unpaired) electrons. The average Bonchev–Trinajstić information content (AvgIpc) is 3.20. The smallest absolute Gasteiger partial charge is 0.223 e. The first-order valence-corrected chi connectivity index (χ1v) is 10.3. The van der Waals surface area contributed by atoms with Crippen LogP contribution in [0, 0.1) is 5.82 Å². The van der Waals surface area contributed by atoms with Gasteiger partial charge in [-0.05, 0) is 43.9 Å². The van der Waals surface area contributed by atoms with Crippen LogP contribution in [-0.2, 0) is 0 Å². The van der Waals surface area contributed by atoms with Crippen LogP contribution in [0.5, 0.6) is 0 Å². The van der Waals surface area contributed by atoms with Gasteiger partial charge >= 0.3 is 0 Å². The van der Waals surface area contributed by atoms with Crippen LogP contribution < -0.4 is 16.4 Å². The lowest BCUT2D eigenvalue weighted by atomic mass is 9.92. The molecule has 0 amide bonds. The van der Waals surface area contributed by atoms with Crippen LogP contribution in [-0.4, -0.2) is 36.4 Å². The number of nitrogens with two attached hydrogens (primary N) is 1. The van der Waals surface area contributed by atoms with E-state index in [0.29, 0.717) is 17.3 Å². The molecule has 0 bridgehead atoms. The number of nitrogens with zero attached hydrogens (tertiary/aromatic N) is 5. The van der Waals surface area contributed by atoms with Gasteiger partial charge in [0, 0.05) is 36.2 Å². The molecule has 31 heavy (non-hydrogen) atoms. The van der Waals surface area contributed by atoms with Gasteiger partial charge in [-0.15, -0.1) is 0 Å². The Morgan fingerprint density at radius 3 is 2.71 bits per heavy atom. The SMILES string of the molecule is NC1CCC(Nc2ncc(F)c(-c3cnc4cc(Nc5cccnc5)ccn34)n2)CC1. The van der Waals surface area contributed by atoms with Gasteiger partial charge in [-0.1, -0.05) is 0 Å². The summed E-state index contributed by atoms with van der Waals surface area (Å²) in [7, 11) is 0. The van der Waals surface area contributed by atoms with Crippen molar-refractivity contribution in [1.29, 1.82) is 0 Å². The molecule has 1 aliphatic rings. The van der Waals surface area contributed by atoms with E-state index in [9.17, 15) is 4.39 Å². The molecular weight excluding hydrogens is 395 g/mol. The molecule has 1 saturated carbocycles. The summed E-state index contributed by atoms with van der Waals surface area (Å²) >= 11 is 0. The van der Waals surface area contributed by atoms with Crippen LogP contribution in [0.25, 0.3) is 17.0 Å². The maximum atomic E-state index is 14.6. The van der Waals surface area contributed by atoms with Gasteiger partial charge in [0.2, 0.25) is 5.95 Å². The van der Waals surface area contributed by atoms with Crippen LogP contribution in [0.15, 0.2) is 55.2 Å². The van der Waals surface area contributed by atoms with Gasteiger partial charge in [-0.3, -0.25) is 9.38 Å². The van der Waals surface area contributed by atoms with Crippen molar-refractivity contribution in [3.63, 3.8) is 0 Å². The van der Waals surface area contributed by atoms with E-state index in [1.54, 1.807) is 18.6 Å². The van der Waals surface area contributed by atoms with Crippen LogP contribution >= 0.6 is 0 Å². The van der Waals surface area contributed by atoms with Crippen LogP contribution in [0.3, 0.4) is 0 Å². The molecule has 1 fully saturated rings. The Hall–Kier alpha value is -3.59. The van der Waals surface area contributed by atoms with E-state index in [-0.39, 0.29) is 17.8 Å². The monoisotopic (exact) mass is 418 g/mol. The second-order valence-electron chi connectivity index (χ2n) is 7.80. The Kier molecular flexibility index (Phi) is 5.17. The molecule has 0 aromatic carbocycles. The zero-order valence-electron chi connectivity index (χ0n) is 16.9. The second kappa shape index (κ2) is 8.27. The van der Waals surface area contributed by atoms with Gasteiger partial charge in [0.25, 0.3) is 0 Å². The van der Waals surface area contributed by atoms with E-state index < -0.39 is 5.82 Å². The predicted molar refractivity (Wildman–Crippen MR) is 118 cm³/mol. The van der Waals surface area contributed by atoms with Gasteiger partial charge in [-0.25, -0.2) is 19.3 Å². The summed E-state index contributed by atoms with van der Waals surface area (Å²) in [6.45, 7) is 0. The predicted octanol–water partition coefficient (Wildman–Crippen LogP) is 3.75. The van der Waals surface area contributed by atoms with Crippen molar-refractivity contribution in [3.05, 3.63) is 61.1 Å².